The number of nitrogens with zero attached hydrogens (tertiary/aromatic N) is 2. The molecular formula is C22H26ClN3OS. The van der Waals surface area contributed by atoms with Crippen molar-refractivity contribution in [1.29, 1.82) is 0 Å². The van der Waals surface area contributed by atoms with E-state index in [1.807, 2.05) is 17.4 Å². The Morgan fingerprint density at radius 1 is 1.36 bits per heavy atom. The van der Waals surface area contributed by atoms with Crippen molar-refractivity contribution in [3.8, 4) is 5.75 Å². The van der Waals surface area contributed by atoms with Crippen molar-refractivity contribution in [2.45, 2.75) is 38.3 Å². The highest BCUT2D eigenvalue weighted by atomic mass is 35.5. The molecule has 4 nitrogen and oxygen atoms in total. The van der Waals surface area contributed by atoms with E-state index in [0.717, 1.165) is 43.9 Å². The summed E-state index contributed by atoms with van der Waals surface area (Å²) in [6.45, 7) is 4.13. The summed E-state index contributed by atoms with van der Waals surface area (Å²) in [6.07, 6.45) is 5.06. The molecule has 1 saturated heterocycles. The molecule has 0 saturated carbocycles. The maximum Gasteiger partial charge on any atom is 0.171 e. The number of fused-ring (bicyclic) bond motifs is 1. The van der Waals surface area contributed by atoms with Gasteiger partial charge in [-0.1, -0.05) is 29.8 Å². The third-order valence-corrected chi connectivity index (χ3v) is 6.81. The average Bonchev–Trinajstić information content (AvgIpc) is 3.12. The number of halogens is 1. The van der Waals surface area contributed by atoms with Gasteiger partial charge < -0.3 is 15.0 Å². The second kappa shape index (κ2) is 8.68. The van der Waals surface area contributed by atoms with Gasteiger partial charge in [0.1, 0.15) is 0 Å². The summed E-state index contributed by atoms with van der Waals surface area (Å²) < 4.78 is 6.94. The number of ether oxygens (including phenoxy) is 1. The van der Waals surface area contributed by atoms with Gasteiger partial charge in [-0.25, -0.2) is 4.98 Å². The smallest absolute Gasteiger partial charge is 0.171 e. The number of hydrogen-bond donors (Lipinski definition) is 1. The minimum absolute atomic E-state index is 0.376. The van der Waals surface area contributed by atoms with E-state index >= 15 is 0 Å². The Balaban J connectivity index is 1.49. The Labute approximate surface area is 175 Å². The van der Waals surface area contributed by atoms with Gasteiger partial charge in [-0.05, 0) is 48.6 Å². The molecule has 1 N–H and O–H groups in total. The monoisotopic (exact) mass is 415 g/mol. The molecular weight excluding hydrogens is 390 g/mol. The third kappa shape index (κ3) is 3.97. The number of anilines is 1. The highest BCUT2D eigenvalue weighted by Crippen LogP contribution is 2.33. The normalized spacial score (nSPS) is 19.9. The number of aryl methyl sites for hydroxylation is 1. The molecule has 0 radical (unpaired) electrons. The number of benzene rings is 1. The Morgan fingerprint density at radius 3 is 3.07 bits per heavy atom. The molecule has 4 rings (SSSR count). The van der Waals surface area contributed by atoms with Crippen LogP contribution in [0.5, 0.6) is 5.75 Å². The van der Waals surface area contributed by atoms with Crippen LogP contribution in [-0.2, 0) is 6.42 Å². The Hall–Kier alpha value is -1.82. The van der Waals surface area contributed by atoms with Crippen LogP contribution in [0, 0.1) is 0 Å². The van der Waals surface area contributed by atoms with Crippen molar-refractivity contribution >= 4 is 38.8 Å². The molecule has 3 heterocycles. The minimum Gasteiger partial charge on any atom is -0.493 e. The number of thiophene rings is 1. The summed E-state index contributed by atoms with van der Waals surface area (Å²) in [5.74, 6) is 1.64. The zero-order chi connectivity index (χ0) is 19.5. The molecule has 148 valence electrons. The fraction of sp³-hybridized carbons (Fsp3) is 0.409. The molecule has 1 aliphatic heterocycles. The summed E-state index contributed by atoms with van der Waals surface area (Å²) in [5, 5.41) is 7.94. The lowest BCUT2D eigenvalue weighted by atomic mass is 9.97. The van der Waals surface area contributed by atoms with E-state index in [0.29, 0.717) is 17.1 Å². The summed E-state index contributed by atoms with van der Waals surface area (Å²) in [5.41, 5.74) is 1.46. The Bertz CT molecular complexity index is 944. The van der Waals surface area contributed by atoms with Crippen molar-refractivity contribution in [3.05, 3.63) is 52.5 Å². The number of piperazine rings is 1. The minimum atomic E-state index is 0.376. The van der Waals surface area contributed by atoms with E-state index in [4.69, 9.17) is 16.3 Å². The van der Waals surface area contributed by atoms with Gasteiger partial charge in [0.05, 0.1) is 12.1 Å². The predicted molar refractivity (Wildman–Crippen MR) is 119 cm³/mol. The standard InChI is InChI=1S/C22H26ClN3OS/c1-15-19(8-5-6-16-14-28-21-9-4-3-7-18(16)21)26(11-10-24-15)22-20(27-2)12-17(23)13-25-22/h3-4,7,9,12-15,19,24H,5-6,8,10-11H2,1-2H3. The van der Waals surface area contributed by atoms with E-state index in [1.165, 1.54) is 15.6 Å². The van der Waals surface area contributed by atoms with Crippen LogP contribution in [0.3, 0.4) is 0 Å². The highest BCUT2D eigenvalue weighted by Gasteiger charge is 2.30. The zero-order valence-electron chi connectivity index (χ0n) is 16.3. The fourth-order valence-corrected chi connectivity index (χ4v) is 5.31. The first-order chi connectivity index (χ1) is 13.7. The van der Waals surface area contributed by atoms with Crippen LogP contribution in [0.2, 0.25) is 5.02 Å². The number of methoxy groups -OCH3 is 1. The predicted octanol–water partition coefficient (Wildman–Crippen LogP) is 5.15. The van der Waals surface area contributed by atoms with Gasteiger partial charge in [0, 0.05) is 42.1 Å². The van der Waals surface area contributed by atoms with Crippen LogP contribution in [0.25, 0.3) is 10.1 Å². The van der Waals surface area contributed by atoms with Gasteiger partial charge in [0.15, 0.2) is 11.6 Å². The van der Waals surface area contributed by atoms with Gasteiger partial charge in [-0.2, -0.15) is 0 Å². The summed E-state index contributed by atoms with van der Waals surface area (Å²) in [4.78, 5) is 6.99. The van der Waals surface area contributed by atoms with Crippen molar-refractivity contribution in [1.82, 2.24) is 10.3 Å². The van der Waals surface area contributed by atoms with Crippen LogP contribution in [0.15, 0.2) is 41.9 Å². The van der Waals surface area contributed by atoms with Crippen LogP contribution in [-0.4, -0.2) is 37.3 Å². The Kier molecular flexibility index (Phi) is 6.04. The number of pyridine rings is 1. The first-order valence-electron chi connectivity index (χ1n) is 9.82. The largest absolute Gasteiger partial charge is 0.493 e. The van der Waals surface area contributed by atoms with Crippen molar-refractivity contribution < 1.29 is 4.74 Å². The Morgan fingerprint density at radius 2 is 2.21 bits per heavy atom. The molecule has 28 heavy (non-hydrogen) atoms. The SMILES string of the molecule is COc1cc(Cl)cnc1N1CCNC(C)C1CCCc1csc2ccccc12. The van der Waals surface area contributed by atoms with Gasteiger partial charge in [-0.3, -0.25) is 0 Å². The van der Waals surface area contributed by atoms with Gasteiger partial charge in [0.25, 0.3) is 0 Å². The molecule has 2 atom stereocenters. The summed E-state index contributed by atoms with van der Waals surface area (Å²) >= 11 is 7.96. The van der Waals surface area contributed by atoms with Crippen LogP contribution in [0.1, 0.15) is 25.3 Å². The molecule has 0 amide bonds. The molecule has 0 spiro atoms. The lowest BCUT2D eigenvalue weighted by molar-refractivity contribution is 0.352. The van der Waals surface area contributed by atoms with E-state index < -0.39 is 0 Å². The maximum atomic E-state index is 6.12. The van der Waals surface area contributed by atoms with E-state index in [9.17, 15) is 0 Å². The first kappa shape index (κ1) is 19.5. The quantitative estimate of drug-likeness (QED) is 0.604. The van der Waals surface area contributed by atoms with E-state index in [2.05, 4.69) is 51.8 Å². The van der Waals surface area contributed by atoms with Crippen molar-refractivity contribution in [3.63, 3.8) is 0 Å². The van der Waals surface area contributed by atoms with Crippen LogP contribution in [0.4, 0.5) is 5.82 Å². The molecule has 1 aromatic carbocycles. The molecule has 1 fully saturated rings. The number of nitrogens with one attached hydrogen (secondary N) is 1. The molecule has 0 bridgehead atoms. The second-order valence-corrected chi connectivity index (χ2v) is 8.68. The lowest BCUT2D eigenvalue weighted by Crippen LogP contribution is -2.57. The number of rotatable bonds is 6. The summed E-state index contributed by atoms with van der Waals surface area (Å²) in [6, 6.07) is 11.3. The third-order valence-electron chi connectivity index (χ3n) is 5.60. The zero-order valence-corrected chi connectivity index (χ0v) is 17.9. The number of aromatic nitrogens is 1. The van der Waals surface area contributed by atoms with Crippen LogP contribution < -0.4 is 15.0 Å². The first-order valence-corrected chi connectivity index (χ1v) is 11.1. The molecule has 2 unspecified atom stereocenters. The lowest BCUT2D eigenvalue weighted by Gasteiger charge is -2.42. The van der Waals surface area contributed by atoms with Crippen LogP contribution >= 0.6 is 22.9 Å². The second-order valence-electron chi connectivity index (χ2n) is 7.33. The molecule has 6 heteroatoms. The van der Waals surface area contributed by atoms with E-state index in [1.54, 1.807) is 13.3 Å². The van der Waals surface area contributed by atoms with Crippen molar-refractivity contribution in [2.75, 3.05) is 25.1 Å². The molecule has 2 aromatic heterocycles. The fourth-order valence-electron chi connectivity index (χ4n) is 4.16. The van der Waals surface area contributed by atoms with Gasteiger partial charge in [0.2, 0.25) is 0 Å². The maximum absolute atomic E-state index is 6.12. The average molecular weight is 416 g/mol. The summed E-state index contributed by atoms with van der Waals surface area (Å²) in [7, 11) is 1.68. The number of hydrogen-bond acceptors (Lipinski definition) is 5. The highest BCUT2D eigenvalue weighted by molar-refractivity contribution is 7.17. The molecule has 3 aromatic rings. The molecule has 0 aliphatic carbocycles. The van der Waals surface area contributed by atoms with E-state index in [-0.39, 0.29) is 0 Å². The molecule has 1 aliphatic rings. The van der Waals surface area contributed by atoms with Gasteiger partial charge >= 0.3 is 0 Å². The van der Waals surface area contributed by atoms with Gasteiger partial charge in [-0.15, -0.1) is 11.3 Å². The topological polar surface area (TPSA) is 37.4 Å². The van der Waals surface area contributed by atoms with Crippen molar-refractivity contribution in [2.24, 2.45) is 0 Å².